The van der Waals surface area contributed by atoms with Gasteiger partial charge in [-0.15, -0.1) is 0 Å². The number of hydrogen-bond donors (Lipinski definition) is 1. The molecule has 1 aliphatic heterocycles. The molecule has 0 spiro atoms. The topological polar surface area (TPSA) is 21.3 Å². The monoisotopic (exact) mass is 287 g/mol. The molecule has 0 radical (unpaired) electrons. The van der Waals surface area contributed by atoms with Crippen molar-refractivity contribution in [3.05, 3.63) is 52.5 Å². The first-order valence-electron chi connectivity index (χ1n) is 7.04. The zero-order valence-corrected chi connectivity index (χ0v) is 12.3. The van der Waals surface area contributed by atoms with Crippen LogP contribution < -0.4 is 10.1 Å². The van der Waals surface area contributed by atoms with Crippen LogP contribution in [0.5, 0.6) is 5.75 Å². The SMILES string of the molecule is CCNCc1ccc(Cl)cc1-c1cccc2c1OCC2. The summed E-state index contributed by atoms with van der Waals surface area (Å²) in [6, 6.07) is 12.4. The van der Waals surface area contributed by atoms with E-state index in [4.69, 9.17) is 16.3 Å². The summed E-state index contributed by atoms with van der Waals surface area (Å²) in [5.41, 5.74) is 4.85. The van der Waals surface area contributed by atoms with E-state index in [1.54, 1.807) is 0 Å². The Hall–Kier alpha value is -1.51. The maximum atomic E-state index is 6.19. The number of rotatable bonds is 4. The molecule has 20 heavy (non-hydrogen) atoms. The molecule has 0 saturated heterocycles. The number of benzene rings is 2. The minimum atomic E-state index is 0.760. The summed E-state index contributed by atoms with van der Waals surface area (Å²) in [5, 5.41) is 4.14. The van der Waals surface area contributed by atoms with Crippen LogP contribution in [0.2, 0.25) is 5.02 Å². The molecular formula is C17H18ClNO. The average Bonchev–Trinajstić information content (AvgIpc) is 2.94. The molecule has 0 bridgehead atoms. The molecule has 0 amide bonds. The number of para-hydroxylation sites is 1. The van der Waals surface area contributed by atoms with Gasteiger partial charge >= 0.3 is 0 Å². The van der Waals surface area contributed by atoms with Gasteiger partial charge < -0.3 is 10.1 Å². The molecular weight excluding hydrogens is 270 g/mol. The Morgan fingerprint density at radius 2 is 2.10 bits per heavy atom. The maximum Gasteiger partial charge on any atom is 0.130 e. The summed E-state index contributed by atoms with van der Waals surface area (Å²) in [5.74, 6) is 1.02. The van der Waals surface area contributed by atoms with Crippen molar-refractivity contribution in [3.8, 4) is 16.9 Å². The van der Waals surface area contributed by atoms with Gasteiger partial charge in [0.2, 0.25) is 0 Å². The highest BCUT2D eigenvalue weighted by Crippen LogP contribution is 2.39. The van der Waals surface area contributed by atoms with E-state index in [0.717, 1.165) is 48.0 Å². The van der Waals surface area contributed by atoms with Crippen LogP contribution in [-0.4, -0.2) is 13.2 Å². The van der Waals surface area contributed by atoms with Gasteiger partial charge in [-0.1, -0.05) is 42.8 Å². The first-order chi connectivity index (χ1) is 9.79. The highest BCUT2D eigenvalue weighted by Gasteiger charge is 2.18. The van der Waals surface area contributed by atoms with Gasteiger partial charge in [0.1, 0.15) is 5.75 Å². The molecule has 3 heteroatoms. The fourth-order valence-corrected chi connectivity index (χ4v) is 2.81. The number of ether oxygens (including phenoxy) is 1. The number of nitrogens with one attached hydrogen (secondary N) is 1. The first-order valence-corrected chi connectivity index (χ1v) is 7.41. The summed E-state index contributed by atoms with van der Waals surface area (Å²) in [7, 11) is 0. The molecule has 0 aliphatic carbocycles. The van der Waals surface area contributed by atoms with E-state index < -0.39 is 0 Å². The van der Waals surface area contributed by atoms with Crippen molar-refractivity contribution in [1.29, 1.82) is 0 Å². The number of hydrogen-bond acceptors (Lipinski definition) is 2. The Bertz CT molecular complexity index is 624. The molecule has 2 aromatic rings. The minimum Gasteiger partial charge on any atom is -0.492 e. The van der Waals surface area contributed by atoms with Gasteiger partial charge in [0.05, 0.1) is 6.61 Å². The van der Waals surface area contributed by atoms with Crippen molar-refractivity contribution < 1.29 is 4.74 Å². The fraction of sp³-hybridized carbons (Fsp3) is 0.294. The molecule has 0 atom stereocenters. The highest BCUT2D eigenvalue weighted by molar-refractivity contribution is 6.30. The van der Waals surface area contributed by atoms with Crippen LogP contribution in [0.25, 0.3) is 11.1 Å². The molecule has 0 unspecified atom stereocenters. The molecule has 0 saturated carbocycles. The molecule has 0 fully saturated rings. The summed E-state index contributed by atoms with van der Waals surface area (Å²) in [6.45, 7) is 4.67. The van der Waals surface area contributed by atoms with E-state index in [2.05, 4.69) is 36.5 Å². The Labute approximate surface area is 124 Å². The van der Waals surface area contributed by atoms with Crippen LogP contribution in [0.4, 0.5) is 0 Å². The molecule has 2 nitrogen and oxygen atoms in total. The van der Waals surface area contributed by atoms with E-state index in [1.165, 1.54) is 11.1 Å². The minimum absolute atomic E-state index is 0.760. The van der Waals surface area contributed by atoms with Crippen LogP contribution in [0.15, 0.2) is 36.4 Å². The van der Waals surface area contributed by atoms with E-state index in [9.17, 15) is 0 Å². The normalized spacial score (nSPS) is 13.1. The number of halogens is 1. The Morgan fingerprint density at radius 3 is 2.95 bits per heavy atom. The Balaban J connectivity index is 2.09. The van der Waals surface area contributed by atoms with Crippen molar-refractivity contribution in [2.24, 2.45) is 0 Å². The molecule has 2 aromatic carbocycles. The van der Waals surface area contributed by atoms with Crippen LogP contribution in [0.3, 0.4) is 0 Å². The second-order valence-electron chi connectivity index (χ2n) is 4.97. The predicted molar refractivity (Wildman–Crippen MR) is 83.5 cm³/mol. The van der Waals surface area contributed by atoms with Gasteiger partial charge in [-0.3, -0.25) is 0 Å². The van der Waals surface area contributed by atoms with Crippen LogP contribution >= 0.6 is 11.6 Å². The van der Waals surface area contributed by atoms with Crippen LogP contribution in [0, 0.1) is 0 Å². The molecule has 104 valence electrons. The summed E-state index contributed by atoms with van der Waals surface area (Å²) in [4.78, 5) is 0. The molecule has 1 heterocycles. The van der Waals surface area contributed by atoms with Crippen molar-refractivity contribution in [2.45, 2.75) is 19.9 Å². The first kappa shape index (κ1) is 13.5. The van der Waals surface area contributed by atoms with Crippen LogP contribution in [-0.2, 0) is 13.0 Å². The molecule has 0 aromatic heterocycles. The van der Waals surface area contributed by atoms with Crippen molar-refractivity contribution in [1.82, 2.24) is 5.32 Å². The summed E-state index contributed by atoms with van der Waals surface area (Å²) in [6.07, 6.45) is 0.992. The quantitative estimate of drug-likeness (QED) is 0.916. The Morgan fingerprint density at radius 1 is 1.20 bits per heavy atom. The predicted octanol–water partition coefficient (Wildman–Crippen LogP) is 4.05. The van der Waals surface area contributed by atoms with Gasteiger partial charge in [0.25, 0.3) is 0 Å². The summed E-state index contributed by atoms with van der Waals surface area (Å²) < 4.78 is 5.82. The molecule has 1 N–H and O–H groups in total. The third-order valence-corrected chi connectivity index (χ3v) is 3.88. The van der Waals surface area contributed by atoms with Gasteiger partial charge in [0.15, 0.2) is 0 Å². The largest absolute Gasteiger partial charge is 0.492 e. The van der Waals surface area contributed by atoms with Gasteiger partial charge in [-0.2, -0.15) is 0 Å². The second-order valence-corrected chi connectivity index (χ2v) is 5.41. The van der Waals surface area contributed by atoms with Gasteiger partial charge in [0, 0.05) is 23.6 Å². The summed E-state index contributed by atoms with van der Waals surface area (Å²) >= 11 is 6.19. The van der Waals surface area contributed by atoms with E-state index >= 15 is 0 Å². The lowest BCUT2D eigenvalue weighted by atomic mass is 9.96. The van der Waals surface area contributed by atoms with E-state index in [0.29, 0.717) is 0 Å². The fourth-order valence-electron chi connectivity index (χ4n) is 2.64. The van der Waals surface area contributed by atoms with Crippen LogP contribution in [0.1, 0.15) is 18.1 Å². The number of fused-ring (bicyclic) bond motifs is 1. The van der Waals surface area contributed by atoms with Crippen molar-refractivity contribution in [2.75, 3.05) is 13.2 Å². The standard InChI is InChI=1S/C17H18ClNO/c1-2-19-11-13-6-7-14(18)10-16(13)15-5-3-4-12-8-9-20-17(12)15/h3-7,10,19H,2,8-9,11H2,1H3. The highest BCUT2D eigenvalue weighted by atomic mass is 35.5. The van der Waals surface area contributed by atoms with Crippen molar-refractivity contribution >= 4 is 11.6 Å². The third kappa shape index (κ3) is 2.54. The maximum absolute atomic E-state index is 6.19. The van der Waals surface area contributed by atoms with Gasteiger partial charge in [-0.05, 0) is 35.4 Å². The zero-order chi connectivity index (χ0) is 13.9. The Kier molecular flexibility index (Phi) is 3.95. The van der Waals surface area contributed by atoms with Gasteiger partial charge in [-0.25, -0.2) is 0 Å². The molecule has 1 aliphatic rings. The van der Waals surface area contributed by atoms with E-state index in [1.807, 2.05) is 12.1 Å². The molecule has 3 rings (SSSR count). The lowest BCUT2D eigenvalue weighted by molar-refractivity contribution is 0.358. The second kappa shape index (κ2) is 5.86. The zero-order valence-electron chi connectivity index (χ0n) is 11.6. The van der Waals surface area contributed by atoms with E-state index in [-0.39, 0.29) is 0 Å². The lowest BCUT2D eigenvalue weighted by Crippen LogP contribution is -2.12. The lowest BCUT2D eigenvalue weighted by Gasteiger charge is -2.14. The smallest absolute Gasteiger partial charge is 0.130 e. The van der Waals surface area contributed by atoms with Crippen molar-refractivity contribution in [3.63, 3.8) is 0 Å². The third-order valence-electron chi connectivity index (χ3n) is 3.64. The average molecular weight is 288 g/mol.